The van der Waals surface area contributed by atoms with Crippen molar-refractivity contribution in [1.82, 2.24) is 15.5 Å². The Morgan fingerprint density at radius 1 is 1.09 bits per heavy atom. The number of allylic oxidation sites excluding steroid dienone is 1. The van der Waals surface area contributed by atoms with Crippen LogP contribution in [0, 0.1) is 11.8 Å². The van der Waals surface area contributed by atoms with Gasteiger partial charge in [0, 0.05) is 25.3 Å². The molecule has 2 aliphatic carbocycles. The zero-order chi connectivity index (χ0) is 23.8. The highest BCUT2D eigenvalue weighted by molar-refractivity contribution is 5.65. The van der Waals surface area contributed by atoms with E-state index in [1.54, 1.807) is 0 Å². The third-order valence-electron chi connectivity index (χ3n) is 8.68. The Morgan fingerprint density at radius 3 is 2.39 bits per heavy atom. The largest absolute Gasteiger partial charge is 0.359 e. The Kier molecular flexibility index (Phi) is 6.98. The van der Waals surface area contributed by atoms with Gasteiger partial charge in [0.25, 0.3) is 0 Å². The number of likely N-dealkylation sites (tertiary alicyclic amines) is 1. The van der Waals surface area contributed by atoms with Crippen LogP contribution in [0.15, 0.2) is 36.8 Å². The molecule has 2 fully saturated rings. The van der Waals surface area contributed by atoms with Crippen LogP contribution in [0.1, 0.15) is 83.4 Å². The normalized spacial score (nSPS) is 26.6. The number of nitrogens with zero attached hydrogens (tertiary/aromatic N) is 1. The monoisotopic (exact) mass is 450 g/mol. The zero-order valence-electron chi connectivity index (χ0n) is 21.6. The van der Waals surface area contributed by atoms with Gasteiger partial charge in [0.15, 0.2) is 0 Å². The summed E-state index contributed by atoms with van der Waals surface area (Å²) in [4.78, 5) is 2.39. The van der Waals surface area contributed by atoms with Crippen molar-refractivity contribution in [2.75, 3.05) is 26.2 Å². The molecule has 4 nitrogen and oxygen atoms in total. The van der Waals surface area contributed by atoms with Crippen molar-refractivity contribution in [1.29, 1.82) is 0 Å². The molecule has 3 aliphatic rings. The van der Waals surface area contributed by atoms with Gasteiger partial charge in [-0.1, -0.05) is 52.5 Å². The summed E-state index contributed by atoms with van der Waals surface area (Å²) >= 11 is 0. The highest BCUT2D eigenvalue weighted by Crippen LogP contribution is 2.46. The molecule has 0 aromatic heterocycles. The maximum atomic E-state index is 5.77. The van der Waals surface area contributed by atoms with Gasteiger partial charge in [-0.2, -0.15) is 0 Å². The number of benzene rings is 1. The van der Waals surface area contributed by atoms with Crippen LogP contribution in [0.4, 0.5) is 0 Å². The SMILES string of the molecule is C=C(N/C=C(\C)c1ccc2c(c1)C(C)(C)CCC2(C)C)N1CCC(NCC2CC2CN)CC1. The number of hydrogen-bond acceptors (Lipinski definition) is 4. The van der Waals surface area contributed by atoms with Crippen LogP contribution in [0.25, 0.3) is 5.57 Å². The minimum absolute atomic E-state index is 0.237. The van der Waals surface area contributed by atoms with Crippen molar-refractivity contribution in [3.63, 3.8) is 0 Å². The molecule has 0 amide bonds. The highest BCUT2D eigenvalue weighted by Gasteiger charge is 2.37. The molecule has 1 heterocycles. The van der Waals surface area contributed by atoms with Crippen molar-refractivity contribution in [3.05, 3.63) is 53.5 Å². The first kappa shape index (κ1) is 24.3. The first-order valence-corrected chi connectivity index (χ1v) is 13.1. The molecule has 182 valence electrons. The van der Waals surface area contributed by atoms with Crippen LogP contribution < -0.4 is 16.4 Å². The molecular weight excluding hydrogens is 404 g/mol. The number of nitrogens with one attached hydrogen (secondary N) is 2. The minimum Gasteiger partial charge on any atom is -0.359 e. The quantitative estimate of drug-likeness (QED) is 0.515. The predicted octanol–water partition coefficient (Wildman–Crippen LogP) is 5.11. The predicted molar refractivity (Wildman–Crippen MR) is 141 cm³/mol. The van der Waals surface area contributed by atoms with Crippen molar-refractivity contribution in [3.8, 4) is 0 Å². The second kappa shape index (κ2) is 9.46. The van der Waals surface area contributed by atoms with E-state index in [-0.39, 0.29) is 10.8 Å². The van der Waals surface area contributed by atoms with E-state index in [0.29, 0.717) is 6.04 Å². The Bertz CT molecular complexity index is 889. The van der Waals surface area contributed by atoms with Crippen LogP contribution in [-0.2, 0) is 10.8 Å². The lowest BCUT2D eigenvalue weighted by molar-refractivity contribution is 0.233. The van der Waals surface area contributed by atoms with Crippen LogP contribution >= 0.6 is 0 Å². The summed E-state index contributed by atoms with van der Waals surface area (Å²) in [6.07, 6.45) is 8.30. The third kappa shape index (κ3) is 5.49. The lowest BCUT2D eigenvalue weighted by atomic mass is 9.63. The Hall–Kier alpha value is -1.78. The summed E-state index contributed by atoms with van der Waals surface area (Å²) in [6, 6.07) is 7.73. The summed E-state index contributed by atoms with van der Waals surface area (Å²) in [7, 11) is 0. The van der Waals surface area contributed by atoms with E-state index in [2.05, 4.69) is 81.1 Å². The molecule has 0 bridgehead atoms. The van der Waals surface area contributed by atoms with E-state index in [0.717, 1.165) is 43.8 Å². The first-order chi connectivity index (χ1) is 15.6. The van der Waals surface area contributed by atoms with E-state index in [1.165, 1.54) is 54.4 Å². The molecule has 4 N–H and O–H groups in total. The molecule has 1 aliphatic heterocycles. The molecular formula is C29H46N4. The molecule has 2 atom stereocenters. The summed E-state index contributed by atoms with van der Waals surface area (Å²) in [5, 5.41) is 7.26. The van der Waals surface area contributed by atoms with Gasteiger partial charge in [0.05, 0.1) is 5.82 Å². The number of nitrogens with two attached hydrogens (primary N) is 1. The molecule has 1 aromatic rings. The van der Waals surface area contributed by atoms with E-state index in [9.17, 15) is 0 Å². The lowest BCUT2D eigenvalue weighted by Crippen LogP contribution is -2.44. The fourth-order valence-corrected chi connectivity index (χ4v) is 5.72. The fourth-order valence-electron chi connectivity index (χ4n) is 5.72. The van der Waals surface area contributed by atoms with Gasteiger partial charge in [0.1, 0.15) is 0 Å². The van der Waals surface area contributed by atoms with E-state index < -0.39 is 0 Å². The second-order valence-corrected chi connectivity index (χ2v) is 12.1. The number of fused-ring (bicyclic) bond motifs is 1. The molecule has 4 rings (SSSR count). The standard InChI is InChI=1S/C29H46N4/c1-20(22-7-8-26-27(16-22)29(5,6)12-11-28(26,3)4)18-31-21(2)33-13-9-25(10-14-33)32-19-24-15-23(24)17-30/h7-8,16,18,23-25,31-32H,2,9-15,17,19,30H2,1,3-6H3/b20-18+. The Balaban J connectivity index is 1.31. The van der Waals surface area contributed by atoms with E-state index in [4.69, 9.17) is 5.73 Å². The zero-order valence-corrected chi connectivity index (χ0v) is 21.6. The number of rotatable bonds is 8. The van der Waals surface area contributed by atoms with Gasteiger partial charge in [-0.25, -0.2) is 0 Å². The van der Waals surface area contributed by atoms with Crippen molar-refractivity contribution < 1.29 is 0 Å². The molecule has 2 unspecified atom stereocenters. The highest BCUT2D eigenvalue weighted by atomic mass is 15.2. The fraction of sp³-hybridized carbons (Fsp3) is 0.655. The van der Waals surface area contributed by atoms with Crippen LogP contribution in [-0.4, -0.2) is 37.1 Å². The molecule has 33 heavy (non-hydrogen) atoms. The summed E-state index contributed by atoms with van der Waals surface area (Å²) in [5.74, 6) is 2.60. The molecule has 1 aromatic carbocycles. The van der Waals surface area contributed by atoms with Gasteiger partial charge in [0.2, 0.25) is 0 Å². The maximum Gasteiger partial charge on any atom is 0.0978 e. The van der Waals surface area contributed by atoms with E-state index >= 15 is 0 Å². The first-order valence-electron chi connectivity index (χ1n) is 13.1. The van der Waals surface area contributed by atoms with E-state index in [1.807, 2.05) is 0 Å². The molecule has 0 radical (unpaired) electrons. The van der Waals surface area contributed by atoms with Crippen molar-refractivity contribution in [2.24, 2.45) is 17.6 Å². The summed E-state index contributed by atoms with van der Waals surface area (Å²) in [6.45, 7) is 20.2. The van der Waals surface area contributed by atoms with Crippen LogP contribution in [0.3, 0.4) is 0 Å². The summed E-state index contributed by atoms with van der Waals surface area (Å²) in [5.41, 5.74) is 11.9. The van der Waals surface area contributed by atoms with Gasteiger partial charge >= 0.3 is 0 Å². The van der Waals surface area contributed by atoms with Gasteiger partial charge < -0.3 is 21.3 Å². The smallest absolute Gasteiger partial charge is 0.0978 e. The Morgan fingerprint density at radius 2 is 1.76 bits per heavy atom. The minimum atomic E-state index is 0.237. The number of hydrogen-bond donors (Lipinski definition) is 3. The van der Waals surface area contributed by atoms with Gasteiger partial charge in [-0.05, 0) is 97.0 Å². The second-order valence-electron chi connectivity index (χ2n) is 12.1. The van der Waals surface area contributed by atoms with Crippen LogP contribution in [0.5, 0.6) is 0 Å². The maximum absolute atomic E-state index is 5.77. The molecule has 1 saturated carbocycles. The average molecular weight is 451 g/mol. The average Bonchev–Trinajstić information content (AvgIpc) is 3.58. The Labute approximate surface area is 202 Å². The number of piperidine rings is 1. The van der Waals surface area contributed by atoms with Crippen molar-refractivity contribution >= 4 is 5.57 Å². The van der Waals surface area contributed by atoms with Gasteiger partial charge in [-0.15, -0.1) is 0 Å². The third-order valence-corrected chi connectivity index (χ3v) is 8.68. The summed E-state index contributed by atoms with van der Waals surface area (Å²) < 4.78 is 0. The lowest BCUT2D eigenvalue weighted by Gasteiger charge is -2.42. The van der Waals surface area contributed by atoms with Crippen LogP contribution in [0.2, 0.25) is 0 Å². The van der Waals surface area contributed by atoms with Gasteiger partial charge in [-0.3, -0.25) is 0 Å². The topological polar surface area (TPSA) is 53.3 Å². The molecule has 4 heteroatoms. The molecule has 0 spiro atoms. The van der Waals surface area contributed by atoms with Crippen molar-refractivity contribution in [2.45, 2.75) is 83.6 Å². The molecule has 1 saturated heterocycles.